The summed E-state index contributed by atoms with van der Waals surface area (Å²) in [7, 11) is 0. The largest absolute Gasteiger partial charge is 0.481 e. The molecular formula is C12H20N2O3. The van der Waals surface area contributed by atoms with Gasteiger partial charge in [-0.05, 0) is 27.7 Å². The van der Waals surface area contributed by atoms with Crippen molar-refractivity contribution >= 4 is 5.97 Å². The molecule has 0 radical (unpaired) electrons. The lowest BCUT2D eigenvalue weighted by Crippen LogP contribution is -2.32. The van der Waals surface area contributed by atoms with Gasteiger partial charge >= 0.3 is 5.97 Å². The van der Waals surface area contributed by atoms with Crippen molar-refractivity contribution in [1.29, 1.82) is 0 Å². The van der Waals surface area contributed by atoms with Gasteiger partial charge in [-0.2, -0.15) is 0 Å². The van der Waals surface area contributed by atoms with E-state index in [9.17, 15) is 4.79 Å². The number of aromatic nitrogens is 1. The van der Waals surface area contributed by atoms with E-state index in [0.29, 0.717) is 19.1 Å². The van der Waals surface area contributed by atoms with Crippen LogP contribution in [0.4, 0.5) is 0 Å². The number of carboxylic acid groups (broad SMARTS) is 1. The lowest BCUT2D eigenvalue weighted by Gasteiger charge is -2.25. The van der Waals surface area contributed by atoms with Gasteiger partial charge in [-0.15, -0.1) is 0 Å². The standard InChI is InChI=1S/C12H20N2O3/c1-8(2)14(6-5-12(15)16)7-11-9(3)13-17-10(11)4/h8H,5-7H2,1-4H3,(H,15,16). The van der Waals surface area contributed by atoms with E-state index in [4.69, 9.17) is 9.63 Å². The first-order valence-corrected chi connectivity index (χ1v) is 5.79. The van der Waals surface area contributed by atoms with Crippen molar-refractivity contribution < 1.29 is 14.4 Å². The molecule has 0 saturated heterocycles. The number of carbonyl (C=O) groups is 1. The minimum Gasteiger partial charge on any atom is -0.481 e. The Labute approximate surface area is 101 Å². The molecule has 1 aromatic heterocycles. The third-order valence-corrected chi connectivity index (χ3v) is 2.89. The van der Waals surface area contributed by atoms with Crippen LogP contribution in [0, 0.1) is 13.8 Å². The van der Waals surface area contributed by atoms with E-state index in [1.165, 1.54) is 0 Å². The summed E-state index contributed by atoms with van der Waals surface area (Å²) in [5.41, 5.74) is 1.94. The Morgan fingerprint density at radius 2 is 2.12 bits per heavy atom. The van der Waals surface area contributed by atoms with E-state index in [1.807, 2.05) is 13.8 Å². The normalized spacial score (nSPS) is 11.4. The van der Waals surface area contributed by atoms with Gasteiger partial charge in [-0.1, -0.05) is 5.16 Å². The van der Waals surface area contributed by atoms with E-state index in [0.717, 1.165) is 17.0 Å². The maximum atomic E-state index is 10.6. The van der Waals surface area contributed by atoms with E-state index in [-0.39, 0.29) is 6.42 Å². The molecule has 0 amide bonds. The summed E-state index contributed by atoms with van der Waals surface area (Å²) in [6.45, 7) is 9.12. The molecular weight excluding hydrogens is 220 g/mol. The number of hydrogen-bond acceptors (Lipinski definition) is 4. The second-order valence-corrected chi connectivity index (χ2v) is 4.51. The van der Waals surface area contributed by atoms with Crippen LogP contribution in [0.2, 0.25) is 0 Å². The van der Waals surface area contributed by atoms with Gasteiger partial charge in [-0.3, -0.25) is 9.69 Å². The first kappa shape index (κ1) is 13.7. The van der Waals surface area contributed by atoms with Gasteiger partial charge in [0, 0.05) is 24.7 Å². The fraction of sp³-hybridized carbons (Fsp3) is 0.667. The molecule has 1 heterocycles. The molecule has 0 spiro atoms. The summed E-state index contributed by atoms with van der Waals surface area (Å²) in [4.78, 5) is 12.7. The SMILES string of the molecule is Cc1noc(C)c1CN(CCC(=O)O)C(C)C. The predicted molar refractivity (Wildman–Crippen MR) is 63.8 cm³/mol. The van der Waals surface area contributed by atoms with Gasteiger partial charge in [0.1, 0.15) is 5.76 Å². The summed E-state index contributed by atoms with van der Waals surface area (Å²) < 4.78 is 5.11. The molecule has 0 aliphatic heterocycles. The van der Waals surface area contributed by atoms with Crippen LogP contribution < -0.4 is 0 Å². The molecule has 0 bridgehead atoms. The molecule has 0 saturated carbocycles. The van der Waals surface area contributed by atoms with Crippen LogP contribution >= 0.6 is 0 Å². The Balaban J connectivity index is 2.70. The number of carboxylic acids is 1. The van der Waals surface area contributed by atoms with E-state index >= 15 is 0 Å². The minimum absolute atomic E-state index is 0.154. The summed E-state index contributed by atoms with van der Waals surface area (Å²) >= 11 is 0. The van der Waals surface area contributed by atoms with Crippen LogP contribution in [-0.4, -0.2) is 33.7 Å². The Morgan fingerprint density at radius 3 is 2.53 bits per heavy atom. The maximum absolute atomic E-state index is 10.6. The molecule has 5 nitrogen and oxygen atoms in total. The molecule has 0 atom stereocenters. The lowest BCUT2D eigenvalue weighted by molar-refractivity contribution is -0.137. The van der Waals surface area contributed by atoms with E-state index in [2.05, 4.69) is 23.9 Å². The Kier molecular flexibility index (Phi) is 4.69. The van der Waals surface area contributed by atoms with E-state index in [1.54, 1.807) is 0 Å². The van der Waals surface area contributed by atoms with Gasteiger partial charge < -0.3 is 9.63 Å². The van der Waals surface area contributed by atoms with Crippen molar-refractivity contribution in [3.05, 3.63) is 17.0 Å². The van der Waals surface area contributed by atoms with E-state index < -0.39 is 5.97 Å². The molecule has 96 valence electrons. The Hall–Kier alpha value is -1.36. The Morgan fingerprint density at radius 1 is 1.47 bits per heavy atom. The molecule has 1 N–H and O–H groups in total. The van der Waals surface area contributed by atoms with Crippen LogP contribution in [0.25, 0.3) is 0 Å². The highest BCUT2D eigenvalue weighted by molar-refractivity contribution is 5.66. The summed E-state index contributed by atoms with van der Waals surface area (Å²) in [5, 5.41) is 12.6. The summed E-state index contributed by atoms with van der Waals surface area (Å²) in [6.07, 6.45) is 0.154. The second kappa shape index (κ2) is 5.82. The molecule has 5 heteroatoms. The van der Waals surface area contributed by atoms with Crippen LogP contribution in [0.5, 0.6) is 0 Å². The lowest BCUT2D eigenvalue weighted by atomic mass is 10.1. The molecule has 1 aromatic rings. The first-order valence-electron chi connectivity index (χ1n) is 5.79. The van der Waals surface area contributed by atoms with Gasteiger partial charge in [-0.25, -0.2) is 0 Å². The smallest absolute Gasteiger partial charge is 0.304 e. The third-order valence-electron chi connectivity index (χ3n) is 2.89. The minimum atomic E-state index is -0.769. The zero-order chi connectivity index (χ0) is 13.0. The molecule has 0 fully saturated rings. The highest BCUT2D eigenvalue weighted by Gasteiger charge is 2.16. The number of hydrogen-bond donors (Lipinski definition) is 1. The zero-order valence-corrected chi connectivity index (χ0v) is 10.9. The number of aliphatic carboxylic acids is 1. The quantitative estimate of drug-likeness (QED) is 0.823. The van der Waals surface area contributed by atoms with Crippen molar-refractivity contribution in [2.45, 2.75) is 46.7 Å². The molecule has 0 unspecified atom stereocenters. The molecule has 1 rings (SSSR count). The van der Waals surface area contributed by atoms with Crippen LogP contribution in [0.1, 0.15) is 37.3 Å². The fourth-order valence-corrected chi connectivity index (χ4v) is 1.69. The highest BCUT2D eigenvalue weighted by atomic mass is 16.5. The van der Waals surface area contributed by atoms with Crippen LogP contribution in [-0.2, 0) is 11.3 Å². The monoisotopic (exact) mass is 240 g/mol. The summed E-state index contributed by atoms with van der Waals surface area (Å²) in [5.74, 6) is 0.0397. The number of rotatable bonds is 6. The first-order chi connectivity index (χ1) is 7.91. The molecule has 17 heavy (non-hydrogen) atoms. The van der Waals surface area contributed by atoms with Crippen molar-refractivity contribution in [2.24, 2.45) is 0 Å². The zero-order valence-electron chi connectivity index (χ0n) is 10.9. The molecule has 0 aliphatic rings. The Bertz CT molecular complexity index is 366. The average Bonchev–Trinajstić information content (AvgIpc) is 2.53. The van der Waals surface area contributed by atoms with Crippen molar-refractivity contribution in [3.8, 4) is 0 Å². The average molecular weight is 240 g/mol. The van der Waals surface area contributed by atoms with Crippen molar-refractivity contribution in [2.75, 3.05) is 6.54 Å². The van der Waals surface area contributed by atoms with Crippen molar-refractivity contribution in [3.63, 3.8) is 0 Å². The predicted octanol–water partition coefficient (Wildman–Crippen LogP) is 1.98. The molecule has 0 aliphatic carbocycles. The van der Waals surface area contributed by atoms with Gasteiger partial charge in [0.15, 0.2) is 0 Å². The topological polar surface area (TPSA) is 66.6 Å². The number of nitrogens with zero attached hydrogens (tertiary/aromatic N) is 2. The number of aryl methyl sites for hydroxylation is 2. The van der Waals surface area contributed by atoms with Gasteiger partial charge in [0.25, 0.3) is 0 Å². The summed E-state index contributed by atoms with van der Waals surface area (Å²) in [6, 6.07) is 0.294. The maximum Gasteiger partial charge on any atom is 0.304 e. The third kappa shape index (κ3) is 3.85. The van der Waals surface area contributed by atoms with Crippen molar-refractivity contribution in [1.82, 2.24) is 10.1 Å². The van der Waals surface area contributed by atoms with Gasteiger partial charge in [0.05, 0.1) is 12.1 Å². The molecule has 0 aromatic carbocycles. The second-order valence-electron chi connectivity index (χ2n) is 4.51. The van der Waals surface area contributed by atoms with Gasteiger partial charge in [0.2, 0.25) is 0 Å². The highest BCUT2D eigenvalue weighted by Crippen LogP contribution is 2.16. The van der Waals surface area contributed by atoms with Crippen LogP contribution in [0.15, 0.2) is 4.52 Å². The fourth-order valence-electron chi connectivity index (χ4n) is 1.69. The van der Waals surface area contributed by atoms with Crippen LogP contribution in [0.3, 0.4) is 0 Å².